The lowest BCUT2D eigenvalue weighted by molar-refractivity contribution is 0.103. The molecule has 0 atom stereocenters. The normalized spacial score (nSPS) is 10.8. The van der Waals surface area contributed by atoms with E-state index in [9.17, 15) is 4.79 Å². The zero-order valence-electron chi connectivity index (χ0n) is 12.3. The van der Waals surface area contributed by atoms with Crippen LogP contribution in [0.4, 0.5) is 5.13 Å². The molecule has 23 heavy (non-hydrogen) atoms. The Morgan fingerprint density at radius 1 is 1.22 bits per heavy atom. The number of hydrogen-bond donors (Lipinski definition) is 1. The van der Waals surface area contributed by atoms with Gasteiger partial charge in [-0.2, -0.15) is 0 Å². The molecule has 0 spiro atoms. The molecule has 3 rings (SSSR count). The third-order valence-electron chi connectivity index (χ3n) is 3.25. The maximum absolute atomic E-state index is 12.3. The predicted octanol–water partition coefficient (Wildman–Crippen LogP) is 6.27. The quantitative estimate of drug-likeness (QED) is 0.489. The molecule has 7 heteroatoms. The molecule has 0 saturated carbocycles. The van der Waals surface area contributed by atoms with Crippen LogP contribution in [0.25, 0.3) is 11.3 Å². The topological polar surface area (TPSA) is 42.0 Å². The molecule has 1 N–H and O–H groups in total. The summed E-state index contributed by atoms with van der Waals surface area (Å²) in [6.07, 6.45) is 0. The van der Waals surface area contributed by atoms with Crippen LogP contribution in [0, 0.1) is 13.8 Å². The first-order valence-electron chi connectivity index (χ1n) is 6.73. The number of benzene rings is 1. The van der Waals surface area contributed by atoms with E-state index in [0.29, 0.717) is 10.0 Å². The van der Waals surface area contributed by atoms with E-state index in [1.165, 1.54) is 33.8 Å². The maximum Gasteiger partial charge on any atom is 0.267 e. The fourth-order valence-corrected chi connectivity index (χ4v) is 4.81. The number of hydrogen-bond acceptors (Lipinski definition) is 4. The van der Waals surface area contributed by atoms with Crippen LogP contribution in [0.3, 0.4) is 0 Å². The van der Waals surface area contributed by atoms with Crippen molar-refractivity contribution in [2.45, 2.75) is 13.8 Å². The molecule has 0 saturated heterocycles. The van der Waals surface area contributed by atoms with Gasteiger partial charge in [-0.05, 0) is 57.3 Å². The zero-order valence-corrected chi connectivity index (χ0v) is 17.1. The minimum Gasteiger partial charge on any atom is -0.297 e. The number of thiazole rings is 1. The van der Waals surface area contributed by atoms with Gasteiger partial charge in [0.1, 0.15) is 0 Å². The Hall–Kier alpha value is -1.02. The molecular weight excluding hydrogens is 460 g/mol. The molecular formula is C16H12Br2N2OS2. The molecule has 2 heterocycles. The summed E-state index contributed by atoms with van der Waals surface area (Å²) >= 11 is 9.60. The fourth-order valence-electron chi connectivity index (χ4n) is 2.17. The summed E-state index contributed by atoms with van der Waals surface area (Å²) in [5.74, 6) is -0.150. The van der Waals surface area contributed by atoms with Crippen molar-refractivity contribution < 1.29 is 4.79 Å². The number of nitrogens with one attached hydrogen (secondary N) is 1. The number of aryl methyl sites for hydroxylation is 2. The van der Waals surface area contributed by atoms with Gasteiger partial charge in [0.05, 0.1) is 14.4 Å². The van der Waals surface area contributed by atoms with E-state index in [0.717, 1.165) is 19.5 Å². The first-order chi connectivity index (χ1) is 10.9. The number of carbonyl (C=O) groups is 1. The smallest absolute Gasteiger partial charge is 0.267 e. The van der Waals surface area contributed by atoms with E-state index < -0.39 is 0 Å². The number of carbonyl (C=O) groups excluding carboxylic acids is 1. The van der Waals surface area contributed by atoms with Gasteiger partial charge in [0.2, 0.25) is 0 Å². The average Bonchev–Trinajstić information content (AvgIpc) is 3.07. The summed E-state index contributed by atoms with van der Waals surface area (Å²) in [5.41, 5.74) is 4.38. The van der Waals surface area contributed by atoms with Crippen molar-refractivity contribution in [1.82, 2.24) is 4.98 Å². The average molecular weight is 472 g/mol. The lowest BCUT2D eigenvalue weighted by atomic mass is 10.0. The van der Waals surface area contributed by atoms with Crippen LogP contribution in [0.15, 0.2) is 37.9 Å². The summed E-state index contributed by atoms with van der Waals surface area (Å²) < 4.78 is 1.78. The molecule has 3 aromatic rings. The van der Waals surface area contributed by atoms with Gasteiger partial charge in [0.25, 0.3) is 5.91 Å². The highest BCUT2D eigenvalue weighted by Crippen LogP contribution is 2.33. The fraction of sp³-hybridized carbons (Fsp3) is 0.125. The summed E-state index contributed by atoms with van der Waals surface area (Å²) in [7, 11) is 0. The van der Waals surface area contributed by atoms with E-state index in [1.807, 2.05) is 5.38 Å². The van der Waals surface area contributed by atoms with Gasteiger partial charge in [0, 0.05) is 15.4 Å². The number of anilines is 1. The Morgan fingerprint density at radius 3 is 2.65 bits per heavy atom. The summed E-state index contributed by atoms with van der Waals surface area (Å²) in [6, 6.07) is 8.07. The maximum atomic E-state index is 12.3. The van der Waals surface area contributed by atoms with Crippen molar-refractivity contribution in [2.24, 2.45) is 0 Å². The lowest BCUT2D eigenvalue weighted by Gasteiger charge is -2.03. The highest BCUT2D eigenvalue weighted by Gasteiger charge is 2.14. The SMILES string of the molecule is Cc1ccc(-c2csc(NC(=O)c3cc(Br)c(Br)s3)n2)c(C)c1. The van der Waals surface area contributed by atoms with Crippen molar-refractivity contribution in [3.8, 4) is 11.3 Å². The highest BCUT2D eigenvalue weighted by molar-refractivity contribution is 9.13. The number of aromatic nitrogens is 1. The minimum atomic E-state index is -0.150. The molecule has 0 unspecified atom stereocenters. The van der Waals surface area contributed by atoms with Crippen LogP contribution in [0.2, 0.25) is 0 Å². The first-order valence-corrected chi connectivity index (χ1v) is 10.0. The molecule has 0 fully saturated rings. The first kappa shape index (κ1) is 16.8. The van der Waals surface area contributed by atoms with Crippen LogP contribution in [-0.2, 0) is 0 Å². The Labute approximate surface area is 159 Å². The van der Waals surface area contributed by atoms with Gasteiger partial charge in [-0.25, -0.2) is 4.98 Å². The predicted molar refractivity (Wildman–Crippen MR) is 105 cm³/mol. The second kappa shape index (κ2) is 6.84. The molecule has 0 aliphatic carbocycles. The van der Waals surface area contributed by atoms with Gasteiger partial charge in [-0.15, -0.1) is 22.7 Å². The summed E-state index contributed by atoms with van der Waals surface area (Å²) in [4.78, 5) is 17.4. The van der Waals surface area contributed by atoms with Crippen LogP contribution in [0.5, 0.6) is 0 Å². The summed E-state index contributed by atoms with van der Waals surface area (Å²) in [5, 5.41) is 5.43. The largest absolute Gasteiger partial charge is 0.297 e. The van der Waals surface area contributed by atoms with Gasteiger partial charge in [0.15, 0.2) is 5.13 Å². The molecule has 1 amide bonds. The number of nitrogens with zero attached hydrogens (tertiary/aromatic N) is 1. The summed E-state index contributed by atoms with van der Waals surface area (Å²) in [6.45, 7) is 4.14. The monoisotopic (exact) mass is 470 g/mol. The molecule has 0 radical (unpaired) electrons. The second-order valence-corrected chi connectivity index (χ2v) is 9.13. The third kappa shape index (κ3) is 3.74. The van der Waals surface area contributed by atoms with Crippen molar-refractivity contribution in [2.75, 3.05) is 5.32 Å². The second-order valence-electron chi connectivity index (χ2n) is 5.04. The van der Waals surface area contributed by atoms with Gasteiger partial charge in [-0.1, -0.05) is 23.8 Å². The van der Waals surface area contributed by atoms with Crippen LogP contribution < -0.4 is 5.32 Å². The molecule has 2 aromatic heterocycles. The van der Waals surface area contributed by atoms with Gasteiger partial charge in [-0.3, -0.25) is 10.1 Å². The highest BCUT2D eigenvalue weighted by atomic mass is 79.9. The standard InChI is InChI=1S/C16H12Br2N2OS2/c1-8-3-4-10(9(2)5-8)12-7-22-16(19-12)20-15(21)13-6-11(17)14(18)23-13/h3-7H,1-2H3,(H,19,20,21). The van der Waals surface area contributed by atoms with E-state index >= 15 is 0 Å². The Morgan fingerprint density at radius 2 is 2.00 bits per heavy atom. The van der Waals surface area contributed by atoms with Gasteiger partial charge < -0.3 is 0 Å². The lowest BCUT2D eigenvalue weighted by Crippen LogP contribution is -2.09. The van der Waals surface area contributed by atoms with Crippen LogP contribution in [-0.4, -0.2) is 10.9 Å². The number of halogens is 2. The number of rotatable bonds is 3. The Bertz CT molecular complexity index is 867. The van der Waals surface area contributed by atoms with Gasteiger partial charge >= 0.3 is 0 Å². The molecule has 0 aliphatic rings. The number of thiophene rings is 1. The Kier molecular flexibility index (Phi) is 5.01. The number of amides is 1. The molecule has 0 bridgehead atoms. The van der Waals surface area contributed by atoms with Crippen molar-refractivity contribution >= 4 is 65.6 Å². The van der Waals surface area contributed by atoms with E-state index in [-0.39, 0.29) is 5.91 Å². The van der Waals surface area contributed by atoms with Crippen molar-refractivity contribution in [3.05, 3.63) is 53.9 Å². The third-order valence-corrected chi connectivity index (χ3v) is 7.26. The van der Waals surface area contributed by atoms with Crippen LogP contribution in [0.1, 0.15) is 20.8 Å². The molecule has 118 valence electrons. The van der Waals surface area contributed by atoms with E-state index in [2.05, 4.69) is 74.2 Å². The zero-order chi connectivity index (χ0) is 16.6. The minimum absolute atomic E-state index is 0.150. The molecule has 1 aromatic carbocycles. The van der Waals surface area contributed by atoms with E-state index in [1.54, 1.807) is 6.07 Å². The van der Waals surface area contributed by atoms with Crippen LogP contribution >= 0.6 is 54.5 Å². The Balaban J connectivity index is 1.80. The molecule has 3 nitrogen and oxygen atoms in total. The van der Waals surface area contributed by atoms with E-state index in [4.69, 9.17) is 0 Å². The van der Waals surface area contributed by atoms with Crippen molar-refractivity contribution in [1.29, 1.82) is 0 Å². The van der Waals surface area contributed by atoms with Crippen molar-refractivity contribution in [3.63, 3.8) is 0 Å². The molecule has 0 aliphatic heterocycles.